The molecule has 0 spiro atoms. The average Bonchev–Trinajstić information content (AvgIpc) is 2.72. The maximum Gasteiger partial charge on any atom is 0.324 e. The Morgan fingerprint density at radius 2 is 1.69 bits per heavy atom. The van der Waals surface area contributed by atoms with Crippen LogP contribution < -0.4 is 16.2 Å². The predicted octanol–water partition coefficient (Wildman–Crippen LogP) is 1.46. The molecule has 1 aliphatic rings. The SMILES string of the molecule is Cc1ccccc1N(Cc1ccc(C(=O)NN)cc1)C(=O)N1CCS(=O)(=O)CC1. The number of sulfone groups is 1. The van der Waals surface area contributed by atoms with Crippen LogP contribution in [0.5, 0.6) is 0 Å². The van der Waals surface area contributed by atoms with Crippen LogP contribution in [0.2, 0.25) is 0 Å². The minimum absolute atomic E-state index is 0.0246. The van der Waals surface area contributed by atoms with Crippen molar-refractivity contribution in [1.82, 2.24) is 10.3 Å². The van der Waals surface area contributed by atoms with E-state index >= 15 is 0 Å². The third-order valence-electron chi connectivity index (χ3n) is 4.94. The molecule has 0 atom stereocenters. The fourth-order valence-corrected chi connectivity index (χ4v) is 4.43. The lowest BCUT2D eigenvalue weighted by Gasteiger charge is -2.33. The Labute approximate surface area is 170 Å². The summed E-state index contributed by atoms with van der Waals surface area (Å²) in [5.41, 5.74) is 5.03. The molecule has 1 aliphatic heterocycles. The molecule has 29 heavy (non-hydrogen) atoms. The monoisotopic (exact) mass is 416 g/mol. The van der Waals surface area contributed by atoms with E-state index in [2.05, 4.69) is 5.43 Å². The van der Waals surface area contributed by atoms with E-state index in [1.165, 1.54) is 0 Å². The Balaban J connectivity index is 1.87. The van der Waals surface area contributed by atoms with Crippen molar-refractivity contribution in [1.29, 1.82) is 0 Å². The van der Waals surface area contributed by atoms with Crippen molar-refractivity contribution in [3.8, 4) is 0 Å². The van der Waals surface area contributed by atoms with Crippen molar-refractivity contribution in [2.75, 3.05) is 29.5 Å². The van der Waals surface area contributed by atoms with E-state index < -0.39 is 15.7 Å². The lowest BCUT2D eigenvalue weighted by atomic mass is 10.1. The van der Waals surface area contributed by atoms with E-state index in [0.717, 1.165) is 16.8 Å². The van der Waals surface area contributed by atoms with Crippen molar-refractivity contribution in [3.05, 3.63) is 65.2 Å². The number of anilines is 1. The number of para-hydroxylation sites is 1. The summed E-state index contributed by atoms with van der Waals surface area (Å²) in [5, 5.41) is 0. The van der Waals surface area contributed by atoms with E-state index in [9.17, 15) is 18.0 Å². The normalized spacial score (nSPS) is 15.6. The average molecular weight is 417 g/mol. The number of hydrazine groups is 1. The van der Waals surface area contributed by atoms with Crippen molar-refractivity contribution >= 4 is 27.5 Å². The molecule has 3 N–H and O–H groups in total. The lowest BCUT2D eigenvalue weighted by Crippen LogP contribution is -2.50. The van der Waals surface area contributed by atoms with Crippen LogP contribution >= 0.6 is 0 Å². The number of nitrogens with one attached hydrogen (secondary N) is 1. The number of benzene rings is 2. The molecule has 0 unspecified atom stereocenters. The summed E-state index contributed by atoms with van der Waals surface area (Å²) in [6, 6.07) is 14.1. The van der Waals surface area contributed by atoms with E-state index in [1.807, 2.05) is 31.2 Å². The molecule has 0 saturated carbocycles. The molecule has 1 heterocycles. The van der Waals surface area contributed by atoms with Crippen LogP contribution in [-0.2, 0) is 16.4 Å². The summed E-state index contributed by atoms with van der Waals surface area (Å²) < 4.78 is 23.4. The van der Waals surface area contributed by atoms with Gasteiger partial charge in [0.2, 0.25) is 0 Å². The number of hydrogen-bond donors (Lipinski definition) is 2. The van der Waals surface area contributed by atoms with Crippen molar-refractivity contribution in [3.63, 3.8) is 0 Å². The molecule has 9 heteroatoms. The quantitative estimate of drug-likeness (QED) is 0.445. The number of nitrogen functional groups attached to an aromatic ring is 1. The van der Waals surface area contributed by atoms with Crippen LogP contribution in [0.4, 0.5) is 10.5 Å². The summed E-state index contributed by atoms with van der Waals surface area (Å²) >= 11 is 0. The number of amides is 3. The number of nitrogens with two attached hydrogens (primary N) is 1. The van der Waals surface area contributed by atoms with Crippen molar-refractivity contribution < 1.29 is 18.0 Å². The molecule has 154 valence electrons. The smallest absolute Gasteiger partial charge is 0.322 e. The molecule has 0 bridgehead atoms. The fraction of sp³-hybridized carbons (Fsp3) is 0.300. The Hall–Kier alpha value is -2.91. The van der Waals surface area contributed by atoms with Gasteiger partial charge in [-0.1, -0.05) is 30.3 Å². The highest BCUT2D eigenvalue weighted by atomic mass is 32.2. The van der Waals surface area contributed by atoms with Crippen LogP contribution in [0.3, 0.4) is 0 Å². The molecule has 0 radical (unpaired) electrons. The molecular formula is C20H24N4O4S. The van der Waals surface area contributed by atoms with Crippen LogP contribution in [0, 0.1) is 6.92 Å². The Morgan fingerprint density at radius 3 is 2.28 bits per heavy atom. The van der Waals surface area contributed by atoms with Crippen LogP contribution in [0.15, 0.2) is 48.5 Å². The number of nitrogens with zero attached hydrogens (tertiary/aromatic N) is 2. The first-order chi connectivity index (χ1) is 13.8. The van der Waals surface area contributed by atoms with Gasteiger partial charge in [0, 0.05) is 24.3 Å². The molecule has 8 nitrogen and oxygen atoms in total. The molecule has 0 aromatic heterocycles. The number of rotatable bonds is 4. The van der Waals surface area contributed by atoms with Gasteiger partial charge in [0.25, 0.3) is 5.91 Å². The largest absolute Gasteiger partial charge is 0.324 e. The van der Waals surface area contributed by atoms with Gasteiger partial charge in [-0.3, -0.25) is 15.1 Å². The Kier molecular flexibility index (Phi) is 6.19. The minimum atomic E-state index is -3.08. The highest BCUT2D eigenvalue weighted by Crippen LogP contribution is 2.24. The maximum absolute atomic E-state index is 13.3. The molecule has 1 fully saturated rings. The van der Waals surface area contributed by atoms with E-state index in [1.54, 1.807) is 34.1 Å². The Morgan fingerprint density at radius 1 is 1.07 bits per heavy atom. The van der Waals surface area contributed by atoms with Crippen molar-refractivity contribution in [2.24, 2.45) is 5.84 Å². The second-order valence-corrected chi connectivity index (χ2v) is 9.27. The summed E-state index contributed by atoms with van der Waals surface area (Å²) in [6.45, 7) is 2.57. The van der Waals surface area contributed by atoms with Gasteiger partial charge in [0.05, 0.1) is 18.1 Å². The lowest BCUT2D eigenvalue weighted by molar-refractivity contribution is 0.0953. The first-order valence-corrected chi connectivity index (χ1v) is 11.1. The first kappa shape index (κ1) is 20.8. The molecule has 3 rings (SSSR count). The van der Waals surface area contributed by atoms with E-state index in [0.29, 0.717) is 5.56 Å². The van der Waals surface area contributed by atoms with Crippen LogP contribution in [0.25, 0.3) is 0 Å². The van der Waals surface area contributed by atoms with E-state index in [4.69, 9.17) is 5.84 Å². The number of urea groups is 1. The molecule has 2 aromatic carbocycles. The predicted molar refractivity (Wildman–Crippen MR) is 111 cm³/mol. The zero-order valence-electron chi connectivity index (χ0n) is 16.2. The summed E-state index contributed by atoms with van der Waals surface area (Å²) in [4.78, 5) is 28.1. The minimum Gasteiger partial charge on any atom is -0.322 e. The summed E-state index contributed by atoms with van der Waals surface area (Å²) in [5.74, 6) is 4.72. The third-order valence-corrected chi connectivity index (χ3v) is 6.55. The highest BCUT2D eigenvalue weighted by molar-refractivity contribution is 7.91. The highest BCUT2D eigenvalue weighted by Gasteiger charge is 2.29. The molecule has 3 amide bonds. The van der Waals surface area contributed by atoms with Crippen molar-refractivity contribution in [2.45, 2.75) is 13.5 Å². The van der Waals surface area contributed by atoms with Gasteiger partial charge in [-0.25, -0.2) is 19.1 Å². The summed E-state index contributed by atoms with van der Waals surface area (Å²) in [7, 11) is -3.08. The third kappa shape index (κ3) is 4.93. The molecule has 0 aliphatic carbocycles. The fourth-order valence-electron chi connectivity index (χ4n) is 3.22. The number of hydrogen-bond acceptors (Lipinski definition) is 5. The van der Waals surface area contributed by atoms with Gasteiger partial charge < -0.3 is 4.90 Å². The zero-order chi connectivity index (χ0) is 21.0. The van der Waals surface area contributed by atoms with Crippen LogP contribution in [-0.4, -0.2) is 49.9 Å². The molecule has 2 aromatic rings. The zero-order valence-corrected chi connectivity index (χ0v) is 17.0. The van der Waals surface area contributed by atoms with Gasteiger partial charge in [-0.15, -0.1) is 0 Å². The van der Waals surface area contributed by atoms with Crippen LogP contribution in [0.1, 0.15) is 21.5 Å². The number of carbonyl (C=O) groups is 2. The number of carbonyl (C=O) groups excluding carboxylic acids is 2. The summed E-state index contributed by atoms with van der Waals surface area (Å²) in [6.07, 6.45) is 0. The molecular weight excluding hydrogens is 392 g/mol. The second-order valence-electron chi connectivity index (χ2n) is 6.96. The topological polar surface area (TPSA) is 113 Å². The first-order valence-electron chi connectivity index (χ1n) is 9.23. The number of aryl methyl sites for hydroxylation is 1. The van der Waals surface area contributed by atoms with Gasteiger partial charge >= 0.3 is 6.03 Å². The van der Waals surface area contributed by atoms with Gasteiger partial charge in [0.15, 0.2) is 9.84 Å². The van der Waals surface area contributed by atoms with Gasteiger partial charge in [-0.05, 0) is 36.2 Å². The standard InChI is InChI=1S/C20H24N4O4S/c1-15-4-2-3-5-18(15)24(20(26)23-10-12-29(27,28)13-11-23)14-16-6-8-17(9-7-16)19(25)22-21/h2-9H,10-14,21H2,1H3,(H,22,25). The maximum atomic E-state index is 13.3. The molecule has 1 saturated heterocycles. The second kappa shape index (κ2) is 8.62. The van der Waals surface area contributed by atoms with Gasteiger partial charge in [-0.2, -0.15) is 0 Å². The Bertz CT molecular complexity index is 991. The van der Waals surface area contributed by atoms with E-state index in [-0.39, 0.29) is 37.2 Å². The van der Waals surface area contributed by atoms with Gasteiger partial charge in [0.1, 0.15) is 0 Å².